The van der Waals surface area contributed by atoms with Crippen molar-refractivity contribution in [3.05, 3.63) is 11.6 Å². The molecule has 2 amide bonds. The Kier molecular flexibility index (Phi) is 4.35. The number of nitrogens with zero attached hydrogens (tertiary/aromatic N) is 1. The molecule has 0 spiro atoms. The first-order valence-corrected chi connectivity index (χ1v) is 8.60. The van der Waals surface area contributed by atoms with Crippen molar-refractivity contribution in [1.29, 1.82) is 0 Å². The number of ether oxygens (including phenoxy) is 1. The van der Waals surface area contributed by atoms with Gasteiger partial charge in [-0.05, 0) is 50.4 Å². The fraction of sp³-hybridized carbons (Fsp3) is 0.778. The number of rotatable bonds is 6. The molecule has 0 saturated heterocycles. The summed E-state index contributed by atoms with van der Waals surface area (Å²) in [5, 5.41) is 0. The first-order valence-electron chi connectivity index (χ1n) is 8.60. The van der Waals surface area contributed by atoms with Crippen molar-refractivity contribution in [2.45, 2.75) is 58.8 Å². The second-order valence-corrected chi connectivity index (χ2v) is 8.08. The Hall–Kier alpha value is -1.24. The van der Waals surface area contributed by atoms with Gasteiger partial charge in [-0.15, -0.1) is 0 Å². The second-order valence-electron chi connectivity index (χ2n) is 8.08. The van der Waals surface area contributed by atoms with E-state index in [0.29, 0.717) is 11.5 Å². The van der Waals surface area contributed by atoms with E-state index in [4.69, 9.17) is 14.5 Å². The number of imide groups is 1. The zero-order valence-corrected chi connectivity index (χ0v) is 15.1. The first kappa shape index (κ1) is 17.6. The predicted molar refractivity (Wildman–Crippen MR) is 86.5 cm³/mol. The van der Waals surface area contributed by atoms with E-state index < -0.39 is 6.29 Å². The zero-order valence-electron chi connectivity index (χ0n) is 15.1. The molecule has 3 saturated carbocycles. The molecule has 6 nitrogen and oxygen atoms in total. The van der Waals surface area contributed by atoms with Crippen LogP contribution in [-0.4, -0.2) is 42.3 Å². The number of hydrogen-bond acceptors (Lipinski definition) is 5. The minimum atomic E-state index is -0.796. The zero-order chi connectivity index (χ0) is 17.7. The van der Waals surface area contributed by atoms with E-state index in [-0.39, 0.29) is 29.4 Å². The monoisotopic (exact) mass is 337 g/mol. The minimum absolute atomic E-state index is 0.0226. The van der Waals surface area contributed by atoms with Crippen molar-refractivity contribution in [3.8, 4) is 0 Å². The van der Waals surface area contributed by atoms with Crippen LogP contribution >= 0.6 is 0 Å². The first-order chi connectivity index (χ1) is 11.2. The van der Waals surface area contributed by atoms with Gasteiger partial charge in [0, 0.05) is 18.8 Å². The summed E-state index contributed by atoms with van der Waals surface area (Å²) >= 11 is 0. The van der Waals surface area contributed by atoms with E-state index in [9.17, 15) is 9.59 Å². The number of carbonyl (C=O) groups is 2. The average molecular weight is 337 g/mol. The maximum Gasteiger partial charge on any atom is 0.256 e. The second kappa shape index (κ2) is 5.93. The van der Waals surface area contributed by atoms with Crippen LogP contribution in [0.2, 0.25) is 0 Å². The third-order valence-electron chi connectivity index (χ3n) is 6.33. The number of carbonyl (C=O) groups excluding carboxylic acids is 2. The van der Waals surface area contributed by atoms with Gasteiger partial charge in [-0.1, -0.05) is 13.8 Å². The molecule has 3 aliphatic carbocycles. The number of fused-ring (bicyclic) bond motifs is 2. The SMILES string of the molecule is COC(CN1C(=O)C=C(C)C1=O)OOC1(C)CCC2CC1C2(C)C. The van der Waals surface area contributed by atoms with E-state index in [1.54, 1.807) is 6.92 Å². The van der Waals surface area contributed by atoms with Crippen LogP contribution in [0.5, 0.6) is 0 Å². The Balaban J connectivity index is 1.59. The van der Waals surface area contributed by atoms with Crippen molar-refractivity contribution in [3.63, 3.8) is 0 Å². The molecule has 1 heterocycles. The normalized spacial score (nSPS) is 35.7. The van der Waals surface area contributed by atoms with Gasteiger partial charge in [0.1, 0.15) is 5.60 Å². The quantitative estimate of drug-likeness (QED) is 0.322. The van der Waals surface area contributed by atoms with E-state index in [1.807, 2.05) is 0 Å². The van der Waals surface area contributed by atoms with Crippen LogP contribution < -0.4 is 0 Å². The van der Waals surface area contributed by atoms with Crippen molar-refractivity contribution in [2.75, 3.05) is 13.7 Å². The molecule has 1 aliphatic heterocycles. The molecule has 0 N–H and O–H groups in total. The Morgan fingerprint density at radius 2 is 2.04 bits per heavy atom. The van der Waals surface area contributed by atoms with Crippen LogP contribution in [0.25, 0.3) is 0 Å². The van der Waals surface area contributed by atoms with Gasteiger partial charge in [0.2, 0.25) is 6.29 Å². The largest absolute Gasteiger partial charge is 0.352 e. The van der Waals surface area contributed by atoms with Crippen molar-refractivity contribution in [1.82, 2.24) is 4.90 Å². The highest BCUT2D eigenvalue weighted by atomic mass is 17.2. The molecule has 6 heteroatoms. The number of amides is 2. The third kappa shape index (κ3) is 2.70. The summed E-state index contributed by atoms with van der Waals surface area (Å²) in [6.45, 7) is 8.30. The molecule has 4 atom stereocenters. The van der Waals surface area contributed by atoms with Crippen molar-refractivity contribution >= 4 is 11.8 Å². The Morgan fingerprint density at radius 1 is 1.33 bits per heavy atom. The topological polar surface area (TPSA) is 65.1 Å². The van der Waals surface area contributed by atoms with E-state index in [2.05, 4.69) is 20.8 Å². The summed E-state index contributed by atoms with van der Waals surface area (Å²) in [5.74, 6) is 0.569. The maximum atomic E-state index is 12.0. The maximum absolute atomic E-state index is 12.0. The molecule has 24 heavy (non-hydrogen) atoms. The average Bonchev–Trinajstić information content (AvgIpc) is 2.76. The fourth-order valence-electron chi connectivity index (χ4n) is 4.54. The van der Waals surface area contributed by atoms with Crippen LogP contribution in [0, 0.1) is 17.3 Å². The summed E-state index contributed by atoms with van der Waals surface area (Å²) < 4.78 is 5.26. The lowest BCUT2D eigenvalue weighted by atomic mass is 9.44. The van der Waals surface area contributed by atoms with Gasteiger partial charge in [-0.3, -0.25) is 14.5 Å². The highest BCUT2D eigenvalue weighted by Gasteiger charge is 2.60. The standard InChI is InChI=1S/C18H27NO5/c1-11-8-14(20)19(16(11)21)10-15(22-5)23-24-18(4)7-6-12-9-13(18)17(12,2)3/h8,12-13,15H,6-7,9-10H2,1-5H3. The molecule has 3 fully saturated rings. The molecule has 4 aliphatic rings. The van der Waals surface area contributed by atoms with Crippen molar-refractivity contribution in [2.24, 2.45) is 17.3 Å². The molecule has 4 rings (SSSR count). The summed E-state index contributed by atoms with van der Waals surface area (Å²) in [6, 6.07) is 0. The minimum Gasteiger partial charge on any atom is -0.352 e. The molecule has 134 valence electrons. The molecular formula is C18H27NO5. The summed E-state index contributed by atoms with van der Waals surface area (Å²) in [6.07, 6.45) is 3.78. The predicted octanol–water partition coefficient (Wildman–Crippen LogP) is 2.44. The van der Waals surface area contributed by atoms with Gasteiger partial charge in [-0.2, -0.15) is 0 Å². The van der Waals surface area contributed by atoms with Gasteiger partial charge < -0.3 is 4.74 Å². The third-order valence-corrected chi connectivity index (χ3v) is 6.33. The Bertz CT molecular complexity index is 582. The molecule has 2 bridgehead atoms. The molecule has 0 radical (unpaired) electrons. The van der Waals surface area contributed by atoms with Gasteiger partial charge in [-0.25, -0.2) is 9.78 Å². The van der Waals surface area contributed by atoms with E-state index in [1.165, 1.54) is 13.2 Å². The highest BCUT2D eigenvalue weighted by molar-refractivity contribution is 6.15. The fourth-order valence-corrected chi connectivity index (χ4v) is 4.54. The van der Waals surface area contributed by atoms with E-state index in [0.717, 1.165) is 30.1 Å². The van der Waals surface area contributed by atoms with Gasteiger partial charge in [0.05, 0.1) is 6.54 Å². The smallest absolute Gasteiger partial charge is 0.256 e. The van der Waals surface area contributed by atoms with Crippen LogP contribution in [-0.2, 0) is 24.1 Å². The molecule has 0 aromatic carbocycles. The molecule has 0 aromatic heterocycles. The number of methoxy groups -OCH3 is 1. The van der Waals surface area contributed by atoms with Gasteiger partial charge in [0.15, 0.2) is 0 Å². The Labute approximate surface area is 143 Å². The Morgan fingerprint density at radius 3 is 2.54 bits per heavy atom. The van der Waals surface area contributed by atoms with Gasteiger partial charge >= 0.3 is 0 Å². The molecule has 0 aromatic rings. The lowest BCUT2D eigenvalue weighted by Crippen LogP contribution is -2.61. The van der Waals surface area contributed by atoms with Crippen LogP contribution in [0.4, 0.5) is 0 Å². The summed E-state index contributed by atoms with van der Waals surface area (Å²) in [5.41, 5.74) is 0.334. The summed E-state index contributed by atoms with van der Waals surface area (Å²) in [7, 11) is 1.48. The van der Waals surface area contributed by atoms with E-state index >= 15 is 0 Å². The summed E-state index contributed by atoms with van der Waals surface area (Å²) in [4.78, 5) is 36.3. The lowest BCUT2D eigenvalue weighted by molar-refractivity contribution is -0.446. The van der Waals surface area contributed by atoms with Crippen molar-refractivity contribution < 1.29 is 24.1 Å². The van der Waals surface area contributed by atoms with Crippen LogP contribution in [0.15, 0.2) is 11.6 Å². The van der Waals surface area contributed by atoms with Gasteiger partial charge in [0.25, 0.3) is 11.8 Å². The van der Waals surface area contributed by atoms with Crippen LogP contribution in [0.3, 0.4) is 0 Å². The lowest BCUT2D eigenvalue weighted by Gasteiger charge is -2.63. The highest BCUT2D eigenvalue weighted by Crippen LogP contribution is 2.63. The molecule has 4 unspecified atom stereocenters. The van der Waals surface area contributed by atoms with Crippen LogP contribution in [0.1, 0.15) is 47.0 Å². The molecular weight excluding hydrogens is 310 g/mol. The number of hydrogen-bond donors (Lipinski definition) is 0.